The monoisotopic (exact) mass is 366 g/mol. The van der Waals surface area contributed by atoms with Crippen molar-refractivity contribution >= 4 is 29.2 Å². The number of benzene rings is 1. The Morgan fingerprint density at radius 2 is 2.04 bits per heavy atom. The third-order valence-electron chi connectivity index (χ3n) is 4.84. The fourth-order valence-electron chi connectivity index (χ4n) is 3.42. The largest absolute Gasteiger partial charge is 0.467 e. The van der Waals surface area contributed by atoms with E-state index in [0.717, 1.165) is 18.4 Å². The molecule has 138 valence electrons. The van der Waals surface area contributed by atoms with E-state index in [0.29, 0.717) is 29.5 Å². The lowest BCUT2D eigenvalue weighted by Gasteiger charge is -2.25. The second-order valence-corrected chi connectivity index (χ2v) is 7.16. The normalized spacial score (nSPS) is 16.2. The zero-order chi connectivity index (χ0) is 18.2. The Balaban J connectivity index is 1.88. The maximum absolute atomic E-state index is 12.3. The number of nitrogens with two attached hydrogens (primary N) is 1. The number of anilines is 1. The third kappa shape index (κ3) is 6.24. The van der Waals surface area contributed by atoms with Crippen LogP contribution >= 0.6 is 11.6 Å². The number of rotatable bonds is 7. The van der Waals surface area contributed by atoms with Crippen molar-refractivity contribution in [3.05, 3.63) is 28.8 Å². The lowest BCUT2D eigenvalue weighted by Crippen LogP contribution is -2.43. The Bertz CT molecular complexity index is 600. The molecular formula is C19H27ClN2O3. The fourth-order valence-corrected chi connectivity index (χ4v) is 3.60. The highest BCUT2D eigenvalue weighted by atomic mass is 35.5. The molecule has 5 nitrogen and oxygen atoms in total. The predicted octanol–water partition coefficient (Wildman–Crippen LogP) is 3.48. The van der Waals surface area contributed by atoms with Crippen molar-refractivity contribution in [1.29, 1.82) is 0 Å². The summed E-state index contributed by atoms with van der Waals surface area (Å²) in [6.07, 6.45) is 7.31. The molecule has 0 aliphatic heterocycles. The number of ether oxygens (including phenoxy) is 1. The van der Waals surface area contributed by atoms with Gasteiger partial charge in [-0.15, -0.1) is 0 Å². The van der Waals surface area contributed by atoms with Crippen molar-refractivity contribution in [3.63, 3.8) is 0 Å². The molecule has 2 rings (SSSR count). The van der Waals surface area contributed by atoms with Gasteiger partial charge in [-0.1, -0.05) is 49.8 Å². The van der Waals surface area contributed by atoms with E-state index >= 15 is 0 Å². The van der Waals surface area contributed by atoms with Crippen molar-refractivity contribution in [2.75, 3.05) is 12.8 Å². The number of esters is 1. The highest BCUT2D eigenvalue weighted by molar-refractivity contribution is 6.30. The van der Waals surface area contributed by atoms with E-state index in [4.69, 9.17) is 22.1 Å². The minimum Gasteiger partial charge on any atom is -0.467 e. The van der Waals surface area contributed by atoms with E-state index in [9.17, 15) is 9.59 Å². The zero-order valence-electron chi connectivity index (χ0n) is 14.7. The number of halogens is 1. The molecule has 25 heavy (non-hydrogen) atoms. The van der Waals surface area contributed by atoms with Crippen LogP contribution in [0.2, 0.25) is 5.02 Å². The molecule has 1 aromatic rings. The second kappa shape index (κ2) is 9.66. The topological polar surface area (TPSA) is 81.4 Å². The molecule has 0 aromatic heterocycles. The number of hydrogen-bond acceptors (Lipinski definition) is 4. The van der Waals surface area contributed by atoms with Crippen molar-refractivity contribution in [1.82, 2.24) is 5.32 Å². The lowest BCUT2D eigenvalue weighted by molar-refractivity contribution is -0.145. The molecule has 1 fully saturated rings. The number of aryl methyl sites for hydroxylation is 1. The summed E-state index contributed by atoms with van der Waals surface area (Å²) in [4.78, 5) is 24.3. The summed E-state index contributed by atoms with van der Waals surface area (Å²) in [7, 11) is 1.36. The van der Waals surface area contributed by atoms with Gasteiger partial charge in [0.05, 0.1) is 7.11 Å². The van der Waals surface area contributed by atoms with Gasteiger partial charge in [0, 0.05) is 17.1 Å². The molecule has 1 atom stereocenters. The maximum atomic E-state index is 12.3. The van der Waals surface area contributed by atoms with E-state index in [1.165, 1.54) is 26.4 Å². The first-order valence-corrected chi connectivity index (χ1v) is 9.28. The Morgan fingerprint density at radius 1 is 1.32 bits per heavy atom. The number of nitrogens with one attached hydrogen (secondary N) is 1. The Labute approximate surface area is 154 Å². The first-order chi connectivity index (χ1) is 12.0. The van der Waals surface area contributed by atoms with Crippen LogP contribution in [0.25, 0.3) is 0 Å². The van der Waals surface area contributed by atoms with E-state index in [2.05, 4.69) is 5.32 Å². The van der Waals surface area contributed by atoms with Gasteiger partial charge >= 0.3 is 5.97 Å². The van der Waals surface area contributed by atoms with Crippen LogP contribution in [0, 0.1) is 5.92 Å². The van der Waals surface area contributed by atoms with Crippen molar-refractivity contribution in [2.45, 2.75) is 57.4 Å². The van der Waals surface area contributed by atoms with Crippen LogP contribution in [0.3, 0.4) is 0 Å². The summed E-state index contributed by atoms with van der Waals surface area (Å²) in [5.41, 5.74) is 7.36. The Kier molecular flexibility index (Phi) is 7.56. The molecule has 0 radical (unpaired) electrons. The SMILES string of the molecule is COC(=O)[C@@H](CC1CCCCC1)NC(=O)CCc1ccc(Cl)cc1N. The van der Waals surface area contributed by atoms with Crippen LogP contribution in [0.5, 0.6) is 0 Å². The first kappa shape index (κ1) is 19.6. The summed E-state index contributed by atoms with van der Waals surface area (Å²) in [6.45, 7) is 0. The molecule has 0 bridgehead atoms. The molecule has 1 aliphatic rings. The first-order valence-electron chi connectivity index (χ1n) is 8.90. The minimum atomic E-state index is -0.567. The number of amides is 1. The molecule has 1 amide bonds. The summed E-state index contributed by atoms with van der Waals surface area (Å²) in [6, 6.07) is 4.69. The van der Waals surface area contributed by atoms with Crippen LogP contribution in [-0.4, -0.2) is 25.0 Å². The number of carbonyl (C=O) groups is 2. The van der Waals surface area contributed by atoms with Crippen molar-refractivity contribution in [3.8, 4) is 0 Å². The molecule has 1 aliphatic carbocycles. The van der Waals surface area contributed by atoms with Crippen LogP contribution in [-0.2, 0) is 20.7 Å². The van der Waals surface area contributed by atoms with Crippen LogP contribution in [0.15, 0.2) is 18.2 Å². The summed E-state index contributed by atoms with van der Waals surface area (Å²) in [5, 5.41) is 3.41. The van der Waals surface area contributed by atoms with Gasteiger partial charge in [-0.05, 0) is 36.5 Å². The summed E-state index contributed by atoms with van der Waals surface area (Å²) >= 11 is 5.88. The molecule has 6 heteroatoms. The van der Waals surface area contributed by atoms with Gasteiger partial charge in [-0.2, -0.15) is 0 Å². The molecule has 1 saturated carbocycles. The number of methoxy groups -OCH3 is 1. The van der Waals surface area contributed by atoms with Gasteiger partial charge in [0.25, 0.3) is 0 Å². The van der Waals surface area contributed by atoms with E-state index < -0.39 is 6.04 Å². The lowest BCUT2D eigenvalue weighted by atomic mass is 9.85. The van der Waals surface area contributed by atoms with Gasteiger partial charge in [0.1, 0.15) is 6.04 Å². The number of nitrogen functional groups attached to an aromatic ring is 1. The maximum Gasteiger partial charge on any atom is 0.328 e. The van der Waals surface area contributed by atoms with Gasteiger partial charge in [0.15, 0.2) is 0 Å². The molecule has 1 aromatic carbocycles. The van der Waals surface area contributed by atoms with Crippen LogP contribution < -0.4 is 11.1 Å². The van der Waals surface area contributed by atoms with Gasteiger partial charge < -0.3 is 15.8 Å². The molecule has 0 saturated heterocycles. The number of carbonyl (C=O) groups excluding carboxylic acids is 2. The Hall–Kier alpha value is -1.75. The zero-order valence-corrected chi connectivity index (χ0v) is 15.5. The van der Waals surface area contributed by atoms with E-state index in [-0.39, 0.29) is 18.3 Å². The van der Waals surface area contributed by atoms with E-state index in [1.807, 2.05) is 6.07 Å². The fraction of sp³-hybridized carbons (Fsp3) is 0.579. The van der Waals surface area contributed by atoms with Crippen LogP contribution in [0.1, 0.15) is 50.5 Å². The Morgan fingerprint density at radius 3 is 2.68 bits per heavy atom. The quantitative estimate of drug-likeness (QED) is 0.571. The average molecular weight is 367 g/mol. The highest BCUT2D eigenvalue weighted by Crippen LogP contribution is 2.27. The third-order valence-corrected chi connectivity index (χ3v) is 5.08. The van der Waals surface area contributed by atoms with Crippen molar-refractivity contribution < 1.29 is 14.3 Å². The highest BCUT2D eigenvalue weighted by Gasteiger charge is 2.26. The molecule has 0 unspecified atom stereocenters. The van der Waals surface area contributed by atoms with E-state index in [1.54, 1.807) is 12.1 Å². The smallest absolute Gasteiger partial charge is 0.328 e. The van der Waals surface area contributed by atoms with Gasteiger partial charge in [0.2, 0.25) is 5.91 Å². The second-order valence-electron chi connectivity index (χ2n) is 6.73. The summed E-state index contributed by atoms with van der Waals surface area (Å²) < 4.78 is 4.86. The molecule has 0 spiro atoms. The molecule has 0 heterocycles. The summed E-state index contributed by atoms with van der Waals surface area (Å²) in [5.74, 6) is -0.0597. The number of hydrogen-bond donors (Lipinski definition) is 2. The predicted molar refractivity (Wildman–Crippen MR) is 99.3 cm³/mol. The van der Waals surface area contributed by atoms with Crippen molar-refractivity contribution in [2.24, 2.45) is 5.92 Å². The van der Waals surface area contributed by atoms with Gasteiger partial charge in [-0.25, -0.2) is 4.79 Å². The molecular weight excluding hydrogens is 340 g/mol. The molecule has 3 N–H and O–H groups in total. The standard InChI is InChI=1S/C19H27ClN2O3/c1-25-19(24)17(11-13-5-3-2-4-6-13)22-18(23)10-8-14-7-9-15(20)12-16(14)21/h7,9,12-13,17H,2-6,8,10-11,21H2,1H3,(H,22,23)/t17-/m1/s1. The van der Waals surface area contributed by atoms with Gasteiger partial charge in [-0.3, -0.25) is 4.79 Å². The minimum absolute atomic E-state index is 0.166. The van der Waals surface area contributed by atoms with Crippen LogP contribution in [0.4, 0.5) is 5.69 Å². The average Bonchev–Trinajstić information content (AvgIpc) is 2.60.